The number of halogens is 9. The molecule has 3 aliphatic rings. The van der Waals surface area contributed by atoms with Gasteiger partial charge in [-0.1, -0.05) is 303 Å². The summed E-state index contributed by atoms with van der Waals surface area (Å²) < 4.78 is 46.8. The number of benzene rings is 12. The molecule has 0 atom stereocenters. The fraction of sp³-hybridized carbons (Fsp3) is 0.173. The number of aromatic nitrogens is 6. The van der Waals surface area contributed by atoms with Crippen molar-refractivity contribution in [1.29, 1.82) is 0 Å². The van der Waals surface area contributed by atoms with Crippen molar-refractivity contribution in [1.82, 2.24) is 29.9 Å². The number of imidazole rings is 3. The second-order valence-electron chi connectivity index (χ2n) is 29.2. The lowest BCUT2D eigenvalue weighted by atomic mass is 9.94. The number of nitrogens with one attached hydrogen (secondary N) is 3. The quantitative estimate of drug-likeness (QED) is 0.0451. The first-order valence-electron chi connectivity index (χ1n) is 41.1. The predicted octanol–water partition coefficient (Wildman–Crippen LogP) is 28.3. The molecule has 2 fully saturated rings. The number of carbonyl (C=O) groups excluding carboxylic acids is 2. The number of H-pyrrole nitrogens is 3. The first-order valence-corrected chi connectivity index (χ1v) is 45.1. The standard InChI is InChI=1S/C41H35N3O3.C26H24N2O3.C24H20N2O2.C10H10O3.3CHCl3/c1-26-9-11-29(12-10-26)39-40(30-17-23-33(47-4)24-18-30)44-41(43-39)35-8-6-5-7-34(35)37-25-36(27-13-19-31(45-2)20-14-27)38(42-37)28-15-21-32(46-3)22-16-28;1-17-7-9-18(10-8-17)23-24(19-11-13-20(29-2)14-12-19)28-25(27-23)21-5-3-4-6-22(21)26-30-15-16-31-26;1-16-7-9-17(10-8-16)22-23(18-11-13-20(28-2)14-12-18)26-24(25-22)21-6-4-3-5-19(21)15-27;11-7-8-3-1-2-4-9(8)10-12-5-6-13-10;3*2-1(3)4/h5-24H,25H2,1-4H3,(H,43,44);3-14,26H,15-16H2,1-2H3,(H,27,28);3-15H,1-2H3,(H,25,26);1-4,7,10H,5-6H2;3*1H. The van der Waals surface area contributed by atoms with Crippen molar-refractivity contribution in [2.24, 2.45) is 4.99 Å². The fourth-order valence-electron chi connectivity index (χ4n) is 14.4. The maximum atomic E-state index is 11.5. The van der Waals surface area contributed by atoms with Gasteiger partial charge in [-0.3, -0.25) is 14.6 Å². The maximum Gasteiger partial charge on any atom is 0.184 e. The lowest BCUT2D eigenvalue weighted by molar-refractivity contribution is -0.0444. The Morgan fingerprint density at radius 3 is 0.962 bits per heavy atom. The Hall–Kier alpha value is -11.5. The molecule has 15 aromatic rings. The largest absolute Gasteiger partial charge is 0.497 e. The number of alkyl halides is 9. The van der Waals surface area contributed by atoms with E-state index in [1.165, 1.54) is 16.7 Å². The van der Waals surface area contributed by atoms with E-state index in [0.29, 0.717) is 49.8 Å². The lowest BCUT2D eigenvalue weighted by Crippen LogP contribution is -2.01. The van der Waals surface area contributed by atoms with Gasteiger partial charge >= 0.3 is 0 Å². The zero-order chi connectivity index (χ0) is 92.9. The highest BCUT2D eigenvalue weighted by molar-refractivity contribution is 6.63. The van der Waals surface area contributed by atoms with Crippen LogP contribution in [-0.4, -0.2) is 123 Å². The minimum Gasteiger partial charge on any atom is -0.497 e. The molecule has 3 aromatic heterocycles. The first-order chi connectivity index (χ1) is 63.6. The number of rotatable bonds is 21. The number of methoxy groups -OCH3 is 5. The van der Waals surface area contributed by atoms with Crippen molar-refractivity contribution in [3.8, 4) is 130 Å². The third-order valence-electron chi connectivity index (χ3n) is 20.8. The van der Waals surface area contributed by atoms with Gasteiger partial charge in [-0.05, 0) is 141 Å². The molecule has 27 heteroatoms. The number of carbonyl (C=O) groups is 2. The van der Waals surface area contributed by atoms with Gasteiger partial charge in [0, 0.05) is 89.9 Å². The Morgan fingerprint density at radius 1 is 0.313 bits per heavy atom. The molecule has 131 heavy (non-hydrogen) atoms. The fourth-order valence-corrected chi connectivity index (χ4v) is 14.4. The van der Waals surface area contributed by atoms with Crippen LogP contribution in [0.3, 0.4) is 0 Å². The Morgan fingerprint density at radius 2 is 0.588 bits per heavy atom. The normalized spacial score (nSPS) is 12.7. The summed E-state index contributed by atoms with van der Waals surface area (Å²) in [6.07, 6.45) is 1.62. The number of aldehydes is 2. The minimum absolute atomic E-state index is 0.360. The van der Waals surface area contributed by atoms with Crippen LogP contribution in [0, 0.1) is 20.8 Å². The highest BCUT2D eigenvalue weighted by Crippen LogP contribution is 2.44. The van der Waals surface area contributed by atoms with Crippen LogP contribution in [0.4, 0.5) is 0 Å². The SMILES string of the molecule is COc1ccc(-c2nc(-c3ccccc3C3OCCO3)[nH]c2-c2ccc(C)cc2)cc1.COc1ccc(-c2nc(-c3ccccc3C=O)[nH]c2-c2ccc(C)cc2)cc1.COc1ccc(C2=C(c3ccc(OC)cc3)N=C(c3ccccc3-c3nc(-c4ccc(C)cc4)c(-c4ccc(OC)cc4)[nH]3)C2)cc1.ClC(Cl)Cl.ClC(Cl)Cl.ClC(Cl)Cl.O=Cc1ccccc1C1OCCO1. The third kappa shape index (κ3) is 26.9. The summed E-state index contributed by atoms with van der Waals surface area (Å²) >= 11 is 43.3. The molecular formula is C104H92Cl9N7O11. The first kappa shape index (κ1) is 98.5. The molecule has 672 valence electrons. The molecule has 0 spiro atoms. The zero-order valence-electron chi connectivity index (χ0n) is 72.5. The smallest absolute Gasteiger partial charge is 0.184 e. The van der Waals surface area contributed by atoms with Gasteiger partial charge in [0.25, 0.3) is 0 Å². The average molecular weight is 1930 g/mol. The second kappa shape index (κ2) is 49.1. The Kier molecular flexibility index (Phi) is 36.9. The van der Waals surface area contributed by atoms with Crippen LogP contribution in [0.5, 0.6) is 28.7 Å². The second-order valence-corrected chi connectivity index (χ2v) is 35.1. The molecular weight excluding hydrogens is 1840 g/mol. The van der Waals surface area contributed by atoms with E-state index in [1.807, 2.05) is 140 Å². The summed E-state index contributed by atoms with van der Waals surface area (Å²) in [4.78, 5) is 53.3. The van der Waals surface area contributed by atoms with E-state index in [0.717, 1.165) is 182 Å². The summed E-state index contributed by atoms with van der Waals surface area (Å²) in [7, 11) is 8.36. The summed E-state index contributed by atoms with van der Waals surface area (Å²) in [5.74, 6) is 6.29. The van der Waals surface area contributed by atoms with Crippen molar-refractivity contribution >= 4 is 134 Å². The highest BCUT2D eigenvalue weighted by atomic mass is 35.6. The number of aromatic amines is 3. The van der Waals surface area contributed by atoms with E-state index in [1.54, 1.807) is 47.7 Å². The van der Waals surface area contributed by atoms with Gasteiger partial charge in [0.15, 0.2) is 38.0 Å². The molecule has 0 radical (unpaired) electrons. The third-order valence-corrected chi connectivity index (χ3v) is 20.8. The molecule has 3 N–H and O–H groups in total. The molecule has 3 aliphatic heterocycles. The number of allylic oxidation sites excluding steroid dienone is 1. The van der Waals surface area contributed by atoms with Gasteiger partial charge < -0.3 is 57.6 Å². The summed E-state index contributed by atoms with van der Waals surface area (Å²) in [6.45, 7) is 8.63. The molecule has 6 heterocycles. The number of ether oxygens (including phenoxy) is 9. The number of nitrogens with zero attached hydrogens (tertiary/aromatic N) is 4. The van der Waals surface area contributed by atoms with Crippen molar-refractivity contribution < 1.29 is 52.2 Å². The topological polar surface area (TPSA) is 216 Å². The highest BCUT2D eigenvalue weighted by Gasteiger charge is 2.29. The minimum atomic E-state index is -0.750. The average Bonchev–Trinajstić information content (AvgIpc) is 1.60. The van der Waals surface area contributed by atoms with E-state index in [2.05, 4.69) is 175 Å². The Labute approximate surface area is 806 Å². The Bertz CT molecular complexity index is 6240. The monoisotopic (exact) mass is 1930 g/mol. The lowest BCUT2D eigenvalue weighted by Gasteiger charge is -2.13. The van der Waals surface area contributed by atoms with Crippen LogP contribution < -0.4 is 23.7 Å². The zero-order valence-corrected chi connectivity index (χ0v) is 79.3. The summed E-state index contributed by atoms with van der Waals surface area (Å²) in [5, 5.41) is 0. The molecule has 0 bridgehead atoms. The van der Waals surface area contributed by atoms with E-state index in [-0.39, 0.29) is 12.6 Å². The molecule has 0 saturated carbocycles. The van der Waals surface area contributed by atoms with Crippen LogP contribution in [0.1, 0.15) is 84.2 Å². The van der Waals surface area contributed by atoms with Crippen LogP contribution >= 0.6 is 104 Å². The molecule has 12 aromatic carbocycles. The van der Waals surface area contributed by atoms with Gasteiger partial charge in [0.05, 0.1) is 108 Å². The Balaban J connectivity index is 0.000000161. The van der Waals surface area contributed by atoms with Gasteiger partial charge in [-0.2, -0.15) is 0 Å². The van der Waals surface area contributed by atoms with E-state index in [4.69, 9.17) is 167 Å². The van der Waals surface area contributed by atoms with Gasteiger partial charge in [0.1, 0.15) is 46.2 Å². The van der Waals surface area contributed by atoms with E-state index < -0.39 is 12.9 Å². The van der Waals surface area contributed by atoms with Crippen molar-refractivity contribution in [3.63, 3.8) is 0 Å². The molecule has 2 saturated heterocycles. The molecule has 0 amide bonds. The number of hydrogen-bond donors (Lipinski definition) is 3. The van der Waals surface area contributed by atoms with Gasteiger partial charge in [-0.25, -0.2) is 15.0 Å². The van der Waals surface area contributed by atoms with Gasteiger partial charge in [0.2, 0.25) is 0 Å². The molecule has 18 rings (SSSR count). The number of aliphatic imine (C=N–C) groups is 1. The number of hydrogen-bond acceptors (Lipinski definition) is 15. The molecule has 18 nitrogen and oxygen atoms in total. The summed E-state index contributed by atoms with van der Waals surface area (Å²) in [5.41, 5.74) is 27.3. The van der Waals surface area contributed by atoms with E-state index >= 15 is 0 Å². The molecule has 0 aliphatic carbocycles. The van der Waals surface area contributed by atoms with Crippen LogP contribution in [0.15, 0.2) is 296 Å². The van der Waals surface area contributed by atoms with Crippen molar-refractivity contribution in [2.45, 2.75) is 52.7 Å². The van der Waals surface area contributed by atoms with Gasteiger partial charge in [-0.15, -0.1) is 0 Å². The molecule has 0 unspecified atom stereocenters. The predicted molar refractivity (Wildman–Crippen MR) is 533 cm³/mol. The van der Waals surface area contributed by atoms with E-state index in [9.17, 15) is 9.59 Å². The van der Waals surface area contributed by atoms with Crippen LogP contribution in [0.25, 0.3) is 113 Å². The van der Waals surface area contributed by atoms with Crippen molar-refractivity contribution in [3.05, 3.63) is 347 Å². The maximum absolute atomic E-state index is 11.5. The number of aryl methyl sites for hydroxylation is 3. The summed E-state index contributed by atoms with van der Waals surface area (Å²) in [6, 6.07) is 96.6. The van der Waals surface area contributed by atoms with Crippen LogP contribution in [-0.2, 0) is 18.9 Å². The van der Waals surface area contributed by atoms with Crippen molar-refractivity contribution in [2.75, 3.05) is 62.0 Å². The van der Waals surface area contributed by atoms with Crippen LogP contribution in [0.2, 0.25) is 0 Å².